The highest BCUT2D eigenvalue weighted by Crippen LogP contribution is 2.39. The summed E-state index contributed by atoms with van der Waals surface area (Å²) >= 11 is 0. The number of para-hydroxylation sites is 1. The SMILES string of the molecule is Cc1ccnc(-n2c3ccccc3c3ccc(-c4cccc(N(C)c5ncccc5C(F)(F)F)c4)cc32)c1. The highest BCUT2D eigenvalue weighted by Gasteiger charge is 2.35. The number of alkyl halides is 3. The van der Waals surface area contributed by atoms with Crippen molar-refractivity contribution in [2.24, 2.45) is 0 Å². The van der Waals surface area contributed by atoms with Gasteiger partial charge in [-0.2, -0.15) is 13.2 Å². The minimum absolute atomic E-state index is 0.141. The predicted octanol–water partition coefficient (Wildman–Crippen LogP) is 8.34. The Hall–Kier alpha value is -4.65. The molecule has 0 amide bonds. The maximum Gasteiger partial charge on any atom is 0.419 e. The van der Waals surface area contributed by atoms with Gasteiger partial charge in [0.15, 0.2) is 0 Å². The summed E-state index contributed by atoms with van der Waals surface area (Å²) in [6, 6.07) is 28.3. The van der Waals surface area contributed by atoms with Crippen molar-refractivity contribution in [1.82, 2.24) is 14.5 Å². The van der Waals surface area contributed by atoms with Gasteiger partial charge in [-0.3, -0.25) is 4.57 Å². The van der Waals surface area contributed by atoms with Crippen LogP contribution in [0.3, 0.4) is 0 Å². The Balaban J connectivity index is 1.49. The normalized spacial score (nSPS) is 11.8. The topological polar surface area (TPSA) is 34.0 Å². The van der Waals surface area contributed by atoms with Gasteiger partial charge in [0.25, 0.3) is 0 Å². The number of pyridine rings is 2. The van der Waals surface area contributed by atoms with Crippen molar-refractivity contribution in [3.8, 4) is 16.9 Å². The van der Waals surface area contributed by atoms with Crippen LogP contribution in [0.5, 0.6) is 0 Å². The van der Waals surface area contributed by atoms with Crippen LogP contribution in [-0.2, 0) is 6.18 Å². The molecule has 3 aromatic heterocycles. The zero-order chi connectivity index (χ0) is 26.4. The monoisotopic (exact) mass is 508 g/mol. The number of hydrogen-bond donors (Lipinski definition) is 0. The predicted molar refractivity (Wildman–Crippen MR) is 146 cm³/mol. The number of aromatic nitrogens is 3. The third-order valence-electron chi connectivity index (χ3n) is 6.78. The first-order valence-electron chi connectivity index (χ1n) is 12.1. The third-order valence-corrected chi connectivity index (χ3v) is 6.78. The molecule has 3 heterocycles. The van der Waals surface area contributed by atoms with E-state index in [1.165, 1.54) is 17.2 Å². The summed E-state index contributed by atoms with van der Waals surface area (Å²) in [5.41, 5.74) is 4.83. The highest BCUT2D eigenvalue weighted by molar-refractivity contribution is 6.10. The molecule has 0 spiro atoms. The van der Waals surface area contributed by atoms with Crippen molar-refractivity contribution >= 4 is 33.3 Å². The van der Waals surface area contributed by atoms with Gasteiger partial charge in [-0.25, -0.2) is 9.97 Å². The van der Waals surface area contributed by atoms with Crippen LogP contribution in [-0.4, -0.2) is 21.6 Å². The van der Waals surface area contributed by atoms with Crippen LogP contribution in [0.1, 0.15) is 11.1 Å². The molecule has 6 rings (SSSR count). The number of anilines is 2. The molecule has 0 fully saturated rings. The largest absolute Gasteiger partial charge is 0.419 e. The molecule has 0 bridgehead atoms. The van der Waals surface area contributed by atoms with Crippen LogP contribution in [0.4, 0.5) is 24.7 Å². The Morgan fingerprint density at radius 2 is 1.50 bits per heavy atom. The maximum atomic E-state index is 13.6. The van der Waals surface area contributed by atoms with Crippen LogP contribution in [0.2, 0.25) is 0 Å². The Bertz CT molecular complexity index is 1800. The minimum Gasteiger partial charge on any atom is -0.329 e. The molecule has 0 saturated heterocycles. The van der Waals surface area contributed by atoms with Crippen LogP contribution < -0.4 is 4.90 Å². The van der Waals surface area contributed by atoms with Crippen molar-refractivity contribution < 1.29 is 13.2 Å². The van der Waals surface area contributed by atoms with Gasteiger partial charge in [0, 0.05) is 35.9 Å². The molecule has 0 atom stereocenters. The van der Waals surface area contributed by atoms with E-state index in [9.17, 15) is 13.2 Å². The van der Waals surface area contributed by atoms with E-state index in [-0.39, 0.29) is 5.82 Å². The van der Waals surface area contributed by atoms with E-state index >= 15 is 0 Å². The van der Waals surface area contributed by atoms with E-state index in [2.05, 4.69) is 44.9 Å². The lowest BCUT2D eigenvalue weighted by atomic mass is 10.0. The fraction of sp³-hybridized carbons (Fsp3) is 0.0968. The van der Waals surface area contributed by atoms with Gasteiger partial charge in [0.05, 0.1) is 16.6 Å². The minimum atomic E-state index is -4.50. The molecule has 0 radical (unpaired) electrons. The van der Waals surface area contributed by atoms with Crippen molar-refractivity contribution in [1.29, 1.82) is 0 Å². The average Bonchev–Trinajstić information content (AvgIpc) is 3.26. The molecule has 7 heteroatoms. The second-order valence-electron chi connectivity index (χ2n) is 9.26. The number of halogens is 3. The van der Waals surface area contributed by atoms with Crippen molar-refractivity contribution in [3.05, 3.63) is 115 Å². The first-order chi connectivity index (χ1) is 18.3. The third kappa shape index (κ3) is 4.06. The zero-order valence-corrected chi connectivity index (χ0v) is 20.7. The molecular weight excluding hydrogens is 485 g/mol. The molecule has 0 aliphatic carbocycles. The van der Waals surface area contributed by atoms with Crippen molar-refractivity contribution in [3.63, 3.8) is 0 Å². The fourth-order valence-corrected chi connectivity index (χ4v) is 4.94. The van der Waals surface area contributed by atoms with Crippen LogP contribution >= 0.6 is 0 Å². The fourth-order valence-electron chi connectivity index (χ4n) is 4.94. The summed E-state index contributed by atoms with van der Waals surface area (Å²) in [5.74, 6) is 0.690. The summed E-state index contributed by atoms with van der Waals surface area (Å²) in [4.78, 5) is 10.1. The van der Waals surface area contributed by atoms with E-state index in [1.807, 2.05) is 49.4 Å². The quantitative estimate of drug-likeness (QED) is 0.240. The van der Waals surface area contributed by atoms with Gasteiger partial charge < -0.3 is 4.90 Å². The lowest BCUT2D eigenvalue weighted by molar-refractivity contribution is -0.137. The van der Waals surface area contributed by atoms with Gasteiger partial charge >= 0.3 is 6.18 Å². The van der Waals surface area contributed by atoms with Gasteiger partial charge in [0.2, 0.25) is 0 Å². The van der Waals surface area contributed by atoms with Crippen LogP contribution in [0.25, 0.3) is 38.8 Å². The van der Waals surface area contributed by atoms with Crippen molar-refractivity contribution in [2.75, 3.05) is 11.9 Å². The summed E-state index contributed by atoms with van der Waals surface area (Å²) < 4.78 is 43.1. The Kier molecular flexibility index (Phi) is 5.64. The molecule has 0 saturated carbocycles. The highest BCUT2D eigenvalue weighted by atomic mass is 19.4. The first kappa shape index (κ1) is 23.7. The van der Waals surface area contributed by atoms with E-state index < -0.39 is 11.7 Å². The molecule has 4 nitrogen and oxygen atoms in total. The summed E-state index contributed by atoms with van der Waals surface area (Å²) in [7, 11) is 1.60. The number of hydrogen-bond acceptors (Lipinski definition) is 3. The summed E-state index contributed by atoms with van der Waals surface area (Å²) in [6.45, 7) is 2.04. The van der Waals surface area contributed by atoms with E-state index in [0.29, 0.717) is 5.69 Å². The van der Waals surface area contributed by atoms with Gasteiger partial charge in [-0.1, -0.05) is 42.5 Å². The maximum absolute atomic E-state index is 13.6. The average molecular weight is 509 g/mol. The zero-order valence-electron chi connectivity index (χ0n) is 20.7. The molecule has 38 heavy (non-hydrogen) atoms. The molecule has 6 aromatic rings. The molecule has 0 aliphatic heterocycles. The van der Waals surface area contributed by atoms with E-state index in [1.54, 1.807) is 19.3 Å². The molecule has 0 unspecified atom stereocenters. The number of nitrogens with zero attached hydrogens (tertiary/aromatic N) is 4. The second kappa shape index (κ2) is 9.03. The second-order valence-corrected chi connectivity index (χ2v) is 9.26. The molecule has 188 valence electrons. The molecule has 0 aliphatic rings. The number of benzene rings is 3. The van der Waals surface area contributed by atoms with Gasteiger partial charge in [0.1, 0.15) is 11.6 Å². The Morgan fingerprint density at radius 1 is 0.711 bits per heavy atom. The number of rotatable bonds is 4. The Labute approximate surface area is 217 Å². The lowest BCUT2D eigenvalue weighted by Crippen LogP contribution is -2.18. The number of fused-ring (bicyclic) bond motifs is 3. The van der Waals surface area contributed by atoms with E-state index in [0.717, 1.165) is 50.4 Å². The van der Waals surface area contributed by atoms with Crippen molar-refractivity contribution in [2.45, 2.75) is 13.1 Å². The molecule has 0 N–H and O–H groups in total. The van der Waals surface area contributed by atoms with Gasteiger partial charge in [-0.05, 0) is 72.1 Å². The Morgan fingerprint density at radius 3 is 2.32 bits per heavy atom. The summed E-state index contributed by atoms with van der Waals surface area (Å²) in [5, 5.41) is 2.23. The van der Waals surface area contributed by atoms with Crippen LogP contribution in [0.15, 0.2) is 103 Å². The first-order valence-corrected chi connectivity index (χ1v) is 12.1. The van der Waals surface area contributed by atoms with E-state index in [4.69, 9.17) is 0 Å². The standard InChI is InChI=1S/C31H23F3N4/c1-20-14-16-35-29(17-20)38-27-11-4-3-9-24(27)25-13-12-22(19-28(25)38)21-7-5-8-23(18-21)37(2)30-26(31(32,33)34)10-6-15-36-30/h3-19H,1-2H3. The lowest BCUT2D eigenvalue weighted by Gasteiger charge is -2.22. The summed E-state index contributed by atoms with van der Waals surface area (Å²) in [6.07, 6.45) is -1.32. The molecular formula is C31H23F3N4. The smallest absolute Gasteiger partial charge is 0.329 e. The van der Waals surface area contributed by atoms with Gasteiger partial charge in [-0.15, -0.1) is 0 Å². The number of aryl methyl sites for hydroxylation is 1. The molecule has 3 aromatic carbocycles. The van der Waals surface area contributed by atoms with Crippen LogP contribution in [0, 0.1) is 6.92 Å².